The van der Waals surface area contributed by atoms with E-state index in [2.05, 4.69) is 41.8 Å². The summed E-state index contributed by atoms with van der Waals surface area (Å²) in [4.78, 5) is 26.9. The van der Waals surface area contributed by atoms with Gasteiger partial charge in [-0.1, -0.05) is 37.3 Å². The highest BCUT2D eigenvalue weighted by Gasteiger charge is 2.36. The van der Waals surface area contributed by atoms with Crippen LogP contribution in [0.4, 0.5) is 4.79 Å². The third-order valence-corrected chi connectivity index (χ3v) is 5.53. The van der Waals surface area contributed by atoms with Gasteiger partial charge in [0.15, 0.2) is 0 Å². The van der Waals surface area contributed by atoms with Crippen LogP contribution in [-0.4, -0.2) is 42.0 Å². The van der Waals surface area contributed by atoms with Crippen LogP contribution >= 0.6 is 0 Å². The lowest BCUT2D eigenvalue weighted by Gasteiger charge is -2.32. The molecule has 2 fully saturated rings. The Kier molecular flexibility index (Phi) is 5.95. The number of carbonyl (C=O) groups excluding carboxylic acids is 2. The number of carbonyl (C=O) groups is 2. The van der Waals surface area contributed by atoms with Crippen LogP contribution < -0.4 is 10.6 Å². The summed E-state index contributed by atoms with van der Waals surface area (Å²) in [6, 6.07) is 10.2. The summed E-state index contributed by atoms with van der Waals surface area (Å²) in [5.41, 5.74) is 1.29. The van der Waals surface area contributed by atoms with E-state index in [1.807, 2.05) is 11.0 Å². The van der Waals surface area contributed by atoms with E-state index in [-0.39, 0.29) is 18.0 Å². The molecule has 0 bridgehead atoms. The maximum Gasteiger partial charge on any atom is 0.318 e. The molecule has 0 radical (unpaired) electrons. The first-order chi connectivity index (χ1) is 12.2. The number of hydrogen-bond acceptors (Lipinski definition) is 2. The SMILES string of the molecule is CC[C@H](c1ccccc1)[C@H]1CCCN1C(=O)N[C@H]1CCCCNC1=O. The smallest absolute Gasteiger partial charge is 0.318 e. The number of nitrogens with zero attached hydrogens (tertiary/aromatic N) is 1. The highest BCUT2D eigenvalue weighted by molar-refractivity contribution is 5.87. The molecule has 0 saturated carbocycles. The molecule has 1 aromatic carbocycles. The van der Waals surface area contributed by atoms with Crippen LogP contribution in [-0.2, 0) is 4.79 Å². The highest BCUT2D eigenvalue weighted by atomic mass is 16.2. The van der Waals surface area contributed by atoms with Crippen LogP contribution in [0.1, 0.15) is 56.9 Å². The second kappa shape index (κ2) is 8.37. The van der Waals surface area contributed by atoms with Crippen molar-refractivity contribution in [1.82, 2.24) is 15.5 Å². The molecule has 5 nitrogen and oxygen atoms in total. The molecule has 25 heavy (non-hydrogen) atoms. The van der Waals surface area contributed by atoms with E-state index < -0.39 is 6.04 Å². The van der Waals surface area contributed by atoms with E-state index in [4.69, 9.17) is 0 Å². The minimum absolute atomic E-state index is 0.0447. The molecule has 0 spiro atoms. The third-order valence-electron chi connectivity index (χ3n) is 5.53. The molecule has 3 rings (SSSR count). The first-order valence-electron chi connectivity index (χ1n) is 9.60. The summed E-state index contributed by atoms with van der Waals surface area (Å²) in [6.45, 7) is 3.67. The summed E-state index contributed by atoms with van der Waals surface area (Å²) < 4.78 is 0. The van der Waals surface area contributed by atoms with Gasteiger partial charge in [-0.05, 0) is 44.1 Å². The summed E-state index contributed by atoms with van der Waals surface area (Å²) in [7, 11) is 0. The van der Waals surface area contributed by atoms with Crippen molar-refractivity contribution < 1.29 is 9.59 Å². The molecule has 3 amide bonds. The van der Waals surface area contributed by atoms with Gasteiger partial charge >= 0.3 is 6.03 Å². The molecule has 136 valence electrons. The first kappa shape index (κ1) is 17.8. The van der Waals surface area contributed by atoms with E-state index in [0.717, 1.165) is 45.1 Å². The summed E-state index contributed by atoms with van der Waals surface area (Å²) in [6.07, 6.45) is 5.73. The number of likely N-dealkylation sites (tertiary alicyclic amines) is 1. The van der Waals surface area contributed by atoms with Crippen LogP contribution in [0, 0.1) is 0 Å². The number of benzene rings is 1. The Morgan fingerprint density at radius 2 is 2.04 bits per heavy atom. The third kappa shape index (κ3) is 4.14. The Labute approximate surface area is 150 Å². The van der Waals surface area contributed by atoms with Gasteiger partial charge in [-0.25, -0.2) is 4.79 Å². The van der Waals surface area contributed by atoms with E-state index in [1.54, 1.807) is 0 Å². The minimum Gasteiger partial charge on any atom is -0.354 e. The van der Waals surface area contributed by atoms with Crippen molar-refractivity contribution in [2.24, 2.45) is 0 Å². The minimum atomic E-state index is -0.395. The highest BCUT2D eigenvalue weighted by Crippen LogP contribution is 2.33. The molecule has 2 saturated heterocycles. The van der Waals surface area contributed by atoms with E-state index in [0.29, 0.717) is 12.5 Å². The zero-order chi connectivity index (χ0) is 17.6. The molecule has 3 atom stereocenters. The predicted octanol–water partition coefficient (Wildman–Crippen LogP) is 3.02. The summed E-state index contributed by atoms with van der Waals surface area (Å²) in [5.74, 6) is 0.300. The average molecular weight is 343 g/mol. The maximum atomic E-state index is 12.9. The van der Waals surface area contributed by atoms with Crippen molar-refractivity contribution in [1.29, 1.82) is 0 Å². The van der Waals surface area contributed by atoms with E-state index in [1.165, 1.54) is 5.56 Å². The number of amides is 3. The fourth-order valence-corrected chi connectivity index (χ4v) is 4.20. The summed E-state index contributed by atoms with van der Waals surface area (Å²) in [5, 5.41) is 5.88. The molecule has 2 N–H and O–H groups in total. The van der Waals surface area contributed by atoms with Gasteiger partial charge in [-0.15, -0.1) is 0 Å². The topological polar surface area (TPSA) is 61.4 Å². The van der Waals surface area contributed by atoms with Gasteiger partial charge in [0, 0.05) is 25.0 Å². The van der Waals surface area contributed by atoms with Gasteiger partial charge in [-0.2, -0.15) is 0 Å². The first-order valence-corrected chi connectivity index (χ1v) is 9.60. The largest absolute Gasteiger partial charge is 0.354 e. The van der Waals surface area contributed by atoms with Gasteiger partial charge in [0.2, 0.25) is 5.91 Å². The molecule has 5 heteroatoms. The molecule has 2 aliphatic heterocycles. The van der Waals surface area contributed by atoms with Crippen LogP contribution in [0.25, 0.3) is 0 Å². The monoisotopic (exact) mass is 343 g/mol. The average Bonchev–Trinajstić information content (AvgIpc) is 3.02. The van der Waals surface area contributed by atoms with Gasteiger partial charge in [0.25, 0.3) is 0 Å². The molecule has 2 heterocycles. The van der Waals surface area contributed by atoms with Crippen molar-refractivity contribution in [2.45, 2.75) is 63.5 Å². The second-order valence-electron chi connectivity index (χ2n) is 7.12. The van der Waals surface area contributed by atoms with Gasteiger partial charge in [0.1, 0.15) is 6.04 Å². The molecule has 1 aromatic rings. The Bertz CT molecular complexity index is 590. The Morgan fingerprint density at radius 3 is 2.80 bits per heavy atom. The normalized spacial score (nSPS) is 25.2. The number of nitrogens with one attached hydrogen (secondary N) is 2. The Morgan fingerprint density at radius 1 is 1.24 bits per heavy atom. The van der Waals surface area contributed by atoms with Crippen molar-refractivity contribution in [3.63, 3.8) is 0 Å². The zero-order valence-corrected chi connectivity index (χ0v) is 15.0. The maximum absolute atomic E-state index is 12.9. The molecule has 0 aliphatic carbocycles. The number of rotatable bonds is 4. The van der Waals surface area contributed by atoms with E-state index in [9.17, 15) is 9.59 Å². The molecule has 0 aromatic heterocycles. The van der Waals surface area contributed by atoms with Gasteiger partial charge < -0.3 is 15.5 Å². The quantitative estimate of drug-likeness (QED) is 0.883. The lowest BCUT2D eigenvalue weighted by atomic mass is 9.88. The number of hydrogen-bond donors (Lipinski definition) is 2. The standard InChI is InChI=1S/C20H29N3O2/c1-2-16(15-9-4-3-5-10-15)18-12-8-14-23(18)20(25)22-17-11-6-7-13-21-19(17)24/h3-5,9-10,16-18H,2,6-8,11-14H2,1H3,(H,21,24)(H,22,25)/t16-,17+,18-/m1/s1. The molecule has 2 aliphatic rings. The molecule has 0 unspecified atom stereocenters. The summed E-state index contributed by atoms with van der Waals surface area (Å²) >= 11 is 0. The molecular weight excluding hydrogens is 314 g/mol. The number of urea groups is 1. The Hall–Kier alpha value is -2.04. The molecular formula is C20H29N3O2. The van der Waals surface area contributed by atoms with Crippen molar-refractivity contribution in [2.75, 3.05) is 13.1 Å². The predicted molar refractivity (Wildman–Crippen MR) is 98.4 cm³/mol. The second-order valence-corrected chi connectivity index (χ2v) is 7.12. The fraction of sp³-hybridized carbons (Fsp3) is 0.600. The fourth-order valence-electron chi connectivity index (χ4n) is 4.20. The van der Waals surface area contributed by atoms with Crippen LogP contribution in [0.3, 0.4) is 0 Å². The van der Waals surface area contributed by atoms with Crippen molar-refractivity contribution in [3.8, 4) is 0 Å². The van der Waals surface area contributed by atoms with Gasteiger partial charge in [-0.3, -0.25) is 4.79 Å². The van der Waals surface area contributed by atoms with Crippen molar-refractivity contribution >= 4 is 11.9 Å². The lowest BCUT2D eigenvalue weighted by Crippen LogP contribution is -2.52. The Balaban J connectivity index is 1.69. The van der Waals surface area contributed by atoms with Crippen LogP contribution in [0.15, 0.2) is 30.3 Å². The zero-order valence-electron chi connectivity index (χ0n) is 15.0. The van der Waals surface area contributed by atoms with Crippen molar-refractivity contribution in [3.05, 3.63) is 35.9 Å². The van der Waals surface area contributed by atoms with Crippen LogP contribution in [0.2, 0.25) is 0 Å². The lowest BCUT2D eigenvalue weighted by molar-refractivity contribution is -0.122. The van der Waals surface area contributed by atoms with Gasteiger partial charge in [0.05, 0.1) is 0 Å². The van der Waals surface area contributed by atoms with Crippen LogP contribution in [0.5, 0.6) is 0 Å². The van der Waals surface area contributed by atoms with E-state index >= 15 is 0 Å².